The molecule has 0 bridgehead atoms. The first-order chi connectivity index (χ1) is 11.4. The molecule has 24 heavy (non-hydrogen) atoms. The highest BCUT2D eigenvalue weighted by Gasteiger charge is 2.33. The summed E-state index contributed by atoms with van der Waals surface area (Å²) in [5.41, 5.74) is -0.504. The van der Waals surface area contributed by atoms with Crippen LogP contribution in [0.2, 0.25) is 0 Å². The van der Waals surface area contributed by atoms with Gasteiger partial charge in [-0.05, 0) is 18.8 Å². The molecule has 0 aromatic heterocycles. The van der Waals surface area contributed by atoms with E-state index >= 15 is 0 Å². The number of nitrogens with one attached hydrogen (secondary N) is 1. The molecule has 8 nitrogen and oxygen atoms in total. The Kier molecular flexibility index (Phi) is 4.64. The van der Waals surface area contributed by atoms with Crippen molar-refractivity contribution in [3.05, 3.63) is 22.2 Å². The SMILES string of the molecule is CC1CCCCC1NS(=O)(=O)c1cc2c(cc1[N+](=O)[O-])OCCO2. The molecule has 1 aromatic carbocycles. The van der Waals surface area contributed by atoms with Crippen molar-refractivity contribution in [3.8, 4) is 11.5 Å². The first-order valence-corrected chi connectivity index (χ1v) is 9.47. The van der Waals surface area contributed by atoms with E-state index in [-0.39, 0.29) is 41.6 Å². The first kappa shape index (κ1) is 17.0. The van der Waals surface area contributed by atoms with Gasteiger partial charge in [0.25, 0.3) is 5.69 Å². The van der Waals surface area contributed by atoms with Crippen LogP contribution >= 0.6 is 0 Å². The lowest BCUT2D eigenvalue weighted by Gasteiger charge is -2.29. The molecule has 1 fully saturated rings. The van der Waals surface area contributed by atoms with Gasteiger partial charge in [-0.3, -0.25) is 10.1 Å². The average Bonchev–Trinajstić information content (AvgIpc) is 2.55. The smallest absolute Gasteiger partial charge is 0.293 e. The lowest BCUT2D eigenvalue weighted by Crippen LogP contribution is -2.41. The minimum atomic E-state index is -4.03. The number of fused-ring (bicyclic) bond motifs is 1. The Morgan fingerprint density at radius 2 is 1.79 bits per heavy atom. The number of hydrogen-bond acceptors (Lipinski definition) is 6. The summed E-state index contributed by atoms with van der Waals surface area (Å²) in [4.78, 5) is 10.2. The molecule has 9 heteroatoms. The van der Waals surface area contributed by atoms with E-state index in [1.165, 1.54) is 6.07 Å². The van der Waals surface area contributed by atoms with Crippen LogP contribution in [0.15, 0.2) is 17.0 Å². The van der Waals surface area contributed by atoms with Crippen molar-refractivity contribution in [1.29, 1.82) is 0 Å². The number of nitro groups is 1. The Labute approximate surface area is 140 Å². The normalized spacial score (nSPS) is 23.7. The number of nitrogens with zero attached hydrogens (tertiary/aromatic N) is 1. The van der Waals surface area contributed by atoms with E-state index in [1.807, 2.05) is 6.92 Å². The maximum Gasteiger partial charge on any atom is 0.293 e. The van der Waals surface area contributed by atoms with Crippen LogP contribution in [0.5, 0.6) is 11.5 Å². The van der Waals surface area contributed by atoms with Gasteiger partial charge in [0.15, 0.2) is 16.4 Å². The van der Waals surface area contributed by atoms with Crippen molar-refractivity contribution in [2.45, 2.75) is 43.5 Å². The second-order valence-electron chi connectivity index (χ2n) is 6.21. The molecule has 1 saturated carbocycles. The van der Waals surface area contributed by atoms with Gasteiger partial charge in [-0.15, -0.1) is 0 Å². The number of rotatable bonds is 4. The van der Waals surface area contributed by atoms with Crippen LogP contribution in [0.4, 0.5) is 5.69 Å². The van der Waals surface area contributed by atoms with E-state index in [4.69, 9.17) is 9.47 Å². The number of ether oxygens (including phenoxy) is 2. The maximum atomic E-state index is 12.7. The molecule has 2 aliphatic rings. The van der Waals surface area contributed by atoms with Crippen molar-refractivity contribution in [2.24, 2.45) is 5.92 Å². The van der Waals surface area contributed by atoms with E-state index in [1.54, 1.807) is 0 Å². The summed E-state index contributed by atoms with van der Waals surface area (Å²) in [6.45, 7) is 2.54. The van der Waals surface area contributed by atoms with E-state index in [0.717, 1.165) is 31.7 Å². The van der Waals surface area contributed by atoms with Crippen molar-refractivity contribution in [3.63, 3.8) is 0 Å². The van der Waals surface area contributed by atoms with Crippen molar-refractivity contribution in [2.75, 3.05) is 13.2 Å². The largest absolute Gasteiger partial charge is 0.486 e. The third-order valence-electron chi connectivity index (χ3n) is 4.53. The summed E-state index contributed by atoms with van der Waals surface area (Å²) < 4.78 is 38.8. The zero-order valence-corrected chi connectivity index (χ0v) is 14.2. The van der Waals surface area contributed by atoms with E-state index in [2.05, 4.69) is 4.72 Å². The molecule has 2 unspecified atom stereocenters. The Morgan fingerprint density at radius 3 is 2.42 bits per heavy atom. The number of benzene rings is 1. The molecule has 2 atom stereocenters. The lowest BCUT2D eigenvalue weighted by atomic mass is 9.87. The molecular formula is C15H20N2O6S. The predicted molar refractivity (Wildman–Crippen MR) is 85.8 cm³/mol. The number of hydrogen-bond donors (Lipinski definition) is 1. The summed E-state index contributed by atoms with van der Waals surface area (Å²) in [5, 5.41) is 11.3. The standard InChI is InChI=1S/C15H20N2O6S/c1-10-4-2-3-5-11(10)16-24(20,21)15-9-14-13(22-6-7-23-14)8-12(15)17(18)19/h8-11,16H,2-7H2,1H3. The molecule has 1 aliphatic carbocycles. The minimum absolute atomic E-state index is 0.193. The molecule has 1 heterocycles. The zero-order valence-electron chi connectivity index (χ0n) is 13.4. The quantitative estimate of drug-likeness (QED) is 0.655. The highest BCUT2D eigenvalue weighted by Crippen LogP contribution is 2.39. The van der Waals surface area contributed by atoms with Gasteiger partial charge in [-0.1, -0.05) is 19.8 Å². The summed E-state index contributed by atoms with van der Waals surface area (Å²) in [7, 11) is -4.03. The van der Waals surface area contributed by atoms with Crippen LogP contribution in [0.25, 0.3) is 0 Å². The Bertz CT molecular complexity index is 749. The zero-order chi connectivity index (χ0) is 17.3. The van der Waals surface area contributed by atoms with Crippen LogP contribution in [0, 0.1) is 16.0 Å². The molecule has 132 valence electrons. The molecule has 1 aromatic rings. The molecule has 1 N–H and O–H groups in total. The Balaban J connectivity index is 1.98. The average molecular weight is 356 g/mol. The Hall–Kier alpha value is -1.87. The fourth-order valence-corrected chi connectivity index (χ4v) is 4.72. The van der Waals surface area contributed by atoms with Gasteiger partial charge in [0.05, 0.1) is 11.0 Å². The molecule has 1 aliphatic heterocycles. The second kappa shape index (κ2) is 6.56. The number of sulfonamides is 1. The van der Waals surface area contributed by atoms with Crippen LogP contribution in [-0.4, -0.2) is 32.6 Å². The van der Waals surface area contributed by atoms with Gasteiger partial charge in [-0.25, -0.2) is 13.1 Å². The molecule has 0 spiro atoms. The minimum Gasteiger partial charge on any atom is -0.486 e. The van der Waals surface area contributed by atoms with Crippen LogP contribution in [0.1, 0.15) is 32.6 Å². The summed E-state index contributed by atoms with van der Waals surface area (Å²) in [6, 6.07) is 2.09. The van der Waals surface area contributed by atoms with Crippen molar-refractivity contribution in [1.82, 2.24) is 4.72 Å². The maximum absolute atomic E-state index is 12.7. The third kappa shape index (κ3) is 3.32. The van der Waals surface area contributed by atoms with E-state index < -0.39 is 20.6 Å². The molecule has 3 rings (SSSR count). The van der Waals surface area contributed by atoms with E-state index in [9.17, 15) is 18.5 Å². The van der Waals surface area contributed by atoms with Crippen LogP contribution in [0.3, 0.4) is 0 Å². The highest BCUT2D eigenvalue weighted by atomic mass is 32.2. The monoisotopic (exact) mass is 356 g/mol. The molecule has 0 saturated heterocycles. The third-order valence-corrected chi connectivity index (χ3v) is 6.05. The van der Waals surface area contributed by atoms with Gasteiger partial charge in [0.2, 0.25) is 10.0 Å². The molecular weight excluding hydrogens is 336 g/mol. The van der Waals surface area contributed by atoms with Crippen LogP contribution < -0.4 is 14.2 Å². The van der Waals surface area contributed by atoms with Gasteiger partial charge in [0, 0.05) is 12.1 Å². The lowest BCUT2D eigenvalue weighted by molar-refractivity contribution is -0.388. The topological polar surface area (TPSA) is 108 Å². The summed E-state index contributed by atoms with van der Waals surface area (Å²) in [6.07, 6.45) is 3.69. The number of nitro benzene ring substituents is 1. The predicted octanol–water partition coefficient (Wildman–Crippen LogP) is 2.22. The summed E-state index contributed by atoms with van der Waals surface area (Å²) >= 11 is 0. The molecule has 0 amide bonds. The Morgan fingerprint density at radius 1 is 1.17 bits per heavy atom. The van der Waals surface area contributed by atoms with Gasteiger partial charge >= 0.3 is 0 Å². The van der Waals surface area contributed by atoms with Crippen molar-refractivity contribution < 1.29 is 22.8 Å². The van der Waals surface area contributed by atoms with Crippen LogP contribution in [-0.2, 0) is 10.0 Å². The fraction of sp³-hybridized carbons (Fsp3) is 0.600. The van der Waals surface area contributed by atoms with Gasteiger partial charge < -0.3 is 9.47 Å². The molecule has 0 radical (unpaired) electrons. The highest BCUT2D eigenvalue weighted by molar-refractivity contribution is 7.89. The second-order valence-corrected chi connectivity index (χ2v) is 7.89. The van der Waals surface area contributed by atoms with Gasteiger partial charge in [0.1, 0.15) is 13.2 Å². The first-order valence-electron chi connectivity index (χ1n) is 7.99. The summed E-state index contributed by atoms with van der Waals surface area (Å²) in [5.74, 6) is 0.603. The fourth-order valence-electron chi connectivity index (χ4n) is 3.17. The van der Waals surface area contributed by atoms with E-state index in [0.29, 0.717) is 0 Å². The van der Waals surface area contributed by atoms with Gasteiger partial charge in [-0.2, -0.15) is 0 Å². The van der Waals surface area contributed by atoms with Crippen molar-refractivity contribution >= 4 is 15.7 Å².